The van der Waals surface area contributed by atoms with E-state index in [0.717, 1.165) is 12.6 Å². The fourth-order valence-electron chi connectivity index (χ4n) is 3.43. The Kier molecular flexibility index (Phi) is 8.22. The Bertz CT molecular complexity index is 272. The van der Waals surface area contributed by atoms with E-state index in [1.54, 1.807) is 0 Å². The summed E-state index contributed by atoms with van der Waals surface area (Å²) in [5.41, 5.74) is 0.347. The molecule has 21 heavy (non-hydrogen) atoms. The lowest BCUT2D eigenvalue weighted by atomic mass is 9.84. The first-order valence-electron chi connectivity index (χ1n) is 9.04. The molecule has 0 aromatic heterocycles. The molecule has 0 bridgehead atoms. The van der Waals surface area contributed by atoms with Crippen LogP contribution in [-0.2, 0) is 0 Å². The minimum atomic E-state index is 0.347. The Labute approximate surface area is 133 Å². The molecule has 126 valence electrons. The van der Waals surface area contributed by atoms with E-state index in [9.17, 15) is 0 Å². The molecule has 1 rings (SSSR count). The van der Waals surface area contributed by atoms with Crippen LogP contribution < -0.4 is 5.32 Å². The molecular formula is C18H39N3. The largest absolute Gasteiger partial charge is 0.313 e. The summed E-state index contributed by atoms with van der Waals surface area (Å²) in [6, 6.07) is 1.36. The van der Waals surface area contributed by atoms with Crippen molar-refractivity contribution in [3.8, 4) is 0 Å². The maximum absolute atomic E-state index is 3.77. The number of rotatable bonds is 7. The third kappa shape index (κ3) is 6.66. The maximum Gasteiger partial charge on any atom is 0.0220 e. The van der Waals surface area contributed by atoms with Crippen molar-refractivity contribution in [1.82, 2.24) is 15.1 Å². The fourth-order valence-corrected chi connectivity index (χ4v) is 3.43. The van der Waals surface area contributed by atoms with Crippen molar-refractivity contribution < 1.29 is 0 Å². The van der Waals surface area contributed by atoms with Gasteiger partial charge in [0.1, 0.15) is 0 Å². The maximum atomic E-state index is 3.77. The van der Waals surface area contributed by atoms with Crippen LogP contribution in [0.2, 0.25) is 0 Å². The van der Waals surface area contributed by atoms with Gasteiger partial charge in [0, 0.05) is 18.6 Å². The number of hydrogen-bond acceptors (Lipinski definition) is 3. The molecule has 1 heterocycles. The van der Waals surface area contributed by atoms with Crippen LogP contribution >= 0.6 is 0 Å². The first-order valence-corrected chi connectivity index (χ1v) is 9.04. The summed E-state index contributed by atoms with van der Waals surface area (Å²) in [6.07, 6.45) is 5.07. The topological polar surface area (TPSA) is 18.5 Å². The van der Waals surface area contributed by atoms with E-state index in [0.29, 0.717) is 11.5 Å². The predicted octanol–water partition coefficient (Wildman–Crippen LogP) is 3.21. The zero-order chi connectivity index (χ0) is 15.9. The molecule has 3 heteroatoms. The lowest BCUT2D eigenvalue weighted by Crippen LogP contribution is -2.46. The second-order valence-corrected chi connectivity index (χ2v) is 7.88. The average molecular weight is 298 g/mol. The van der Waals surface area contributed by atoms with Gasteiger partial charge >= 0.3 is 0 Å². The highest BCUT2D eigenvalue weighted by Crippen LogP contribution is 2.23. The van der Waals surface area contributed by atoms with Crippen molar-refractivity contribution in [2.75, 3.05) is 39.8 Å². The third-order valence-electron chi connectivity index (χ3n) is 4.89. The fraction of sp³-hybridized carbons (Fsp3) is 1.00. The molecule has 2 atom stereocenters. The standard InChI is InChI=1S/C18H39N3/c1-7-11-19-17(18(3,4)5)10-14-21-13-9-12-20(6)15-16(21)8-2/h16-17,19H,7-15H2,1-6H3. The second kappa shape index (κ2) is 9.12. The molecule has 0 aromatic carbocycles. The van der Waals surface area contributed by atoms with E-state index >= 15 is 0 Å². The highest BCUT2D eigenvalue weighted by molar-refractivity contribution is 4.84. The van der Waals surface area contributed by atoms with Crippen LogP contribution in [0, 0.1) is 5.41 Å². The molecule has 1 N–H and O–H groups in total. The molecule has 1 saturated heterocycles. The number of nitrogens with one attached hydrogen (secondary N) is 1. The Morgan fingerprint density at radius 3 is 2.48 bits per heavy atom. The molecule has 3 nitrogen and oxygen atoms in total. The molecule has 0 saturated carbocycles. The van der Waals surface area contributed by atoms with Gasteiger partial charge in [0.15, 0.2) is 0 Å². The van der Waals surface area contributed by atoms with E-state index < -0.39 is 0 Å². The molecule has 0 amide bonds. The normalized spacial score (nSPS) is 24.0. The molecule has 1 aliphatic heterocycles. The van der Waals surface area contributed by atoms with Crippen molar-refractivity contribution in [3.05, 3.63) is 0 Å². The third-order valence-corrected chi connectivity index (χ3v) is 4.89. The van der Waals surface area contributed by atoms with E-state index in [4.69, 9.17) is 0 Å². The van der Waals surface area contributed by atoms with Crippen LogP contribution in [0.25, 0.3) is 0 Å². The quantitative estimate of drug-likeness (QED) is 0.778. The molecule has 2 unspecified atom stereocenters. The average Bonchev–Trinajstić information content (AvgIpc) is 2.58. The second-order valence-electron chi connectivity index (χ2n) is 7.88. The number of likely N-dealkylation sites (N-methyl/N-ethyl adjacent to an activating group) is 1. The van der Waals surface area contributed by atoms with E-state index in [-0.39, 0.29) is 0 Å². The zero-order valence-electron chi connectivity index (χ0n) is 15.4. The van der Waals surface area contributed by atoms with Gasteiger partial charge in [0.05, 0.1) is 0 Å². The Morgan fingerprint density at radius 1 is 1.19 bits per heavy atom. The first kappa shape index (κ1) is 18.9. The van der Waals surface area contributed by atoms with Crippen molar-refractivity contribution in [2.24, 2.45) is 5.41 Å². The molecule has 0 spiro atoms. The predicted molar refractivity (Wildman–Crippen MR) is 93.9 cm³/mol. The monoisotopic (exact) mass is 297 g/mol. The van der Waals surface area contributed by atoms with Crippen molar-refractivity contribution >= 4 is 0 Å². The van der Waals surface area contributed by atoms with Gasteiger partial charge in [0.25, 0.3) is 0 Å². The highest BCUT2D eigenvalue weighted by atomic mass is 15.2. The summed E-state index contributed by atoms with van der Waals surface area (Å²) >= 11 is 0. The highest BCUT2D eigenvalue weighted by Gasteiger charge is 2.27. The van der Waals surface area contributed by atoms with Gasteiger partial charge in [-0.2, -0.15) is 0 Å². The van der Waals surface area contributed by atoms with Crippen molar-refractivity contribution in [3.63, 3.8) is 0 Å². The van der Waals surface area contributed by atoms with E-state index in [1.165, 1.54) is 51.9 Å². The van der Waals surface area contributed by atoms with Gasteiger partial charge in [-0.05, 0) is 64.3 Å². The Morgan fingerprint density at radius 2 is 1.90 bits per heavy atom. The van der Waals surface area contributed by atoms with E-state index in [2.05, 4.69) is 56.8 Å². The van der Waals surface area contributed by atoms with E-state index in [1.807, 2.05) is 0 Å². The van der Waals surface area contributed by atoms with Crippen LogP contribution in [0.1, 0.15) is 60.3 Å². The summed E-state index contributed by atoms with van der Waals surface area (Å²) in [4.78, 5) is 5.25. The molecule has 0 aliphatic carbocycles. The molecule has 1 aliphatic rings. The van der Waals surface area contributed by atoms with Crippen LogP contribution in [0.3, 0.4) is 0 Å². The summed E-state index contributed by atoms with van der Waals surface area (Å²) in [5.74, 6) is 0. The lowest BCUT2D eigenvalue weighted by Gasteiger charge is -2.36. The van der Waals surface area contributed by atoms with Crippen molar-refractivity contribution in [1.29, 1.82) is 0 Å². The van der Waals surface area contributed by atoms with Gasteiger partial charge in [0.2, 0.25) is 0 Å². The van der Waals surface area contributed by atoms with Crippen LogP contribution in [0.5, 0.6) is 0 Å². The number of nitrogens with zero attached hydrogens (tertiary/aromatic N) is 2. The molecule has 0 aromatic rings. The van der Waals surface area contributed by atoms with Gasteiger partial charge in [-0.25, -0.2) is 0 Å². The zero-order valence-corrected chi connectivity index (χ0v) is 15.4. The summed E-state index contributed by atoms with van der Waals surface area (Å²) in [5, 5.41) is 3.77. The molecule has 0 radical (unpaired) electrons. The summed E-state index contributed by atoms with van der Waals surface area (Å²) in [7, 11) is 2.27. The SMILES string of the molecule is CCCNC(CCN1CCCN(C)CC1CC)C(C)(C)C. The van der Waals surface area contributed by atoms with Crippen LogP contribution in [-0.4, -0.2) is 61.7 Å². The molecular weight excluding hydrogens is 258 g/mol. The van der Waals surface area contributed by atoms with Crippen LogP contribution in [0.4, 0.5) is 0 Å². The first-order chi connectivity index (χ1) is 9.88. The summed E-state index contributed by atoms with van der Waals surface area (Å²) < 4.78 is 0. The van der Waals surface area contributed by atoms with Gasteiger partial charge in [-0.3, -0.25) is 4.90 Å². The Hall–Kier alpha value is -0.120. The van der Waals surface area contributed by atoms with Gasteiger partial charge < -0.3 is 10.2 Å². The van der Waals surface area contributed by atoms with Crippen molar-refractivity contribution in [2.45, 2.75) is 72.4 Å². The number of hydrogen-bond donors (Lipinski definition) is 1. The lowest BCUT2D eigenvalue weighted by molar-refractivity contribution is 0.156. The Balaban J connectivity index is 2.55. The van der Waals surface area contributed by atoms with Crippen LogP contribution in [0.15, 0.2) is 0 Å². The smallest absolute Gasteiger partial charge is 0.0220 e. The van der Waals surface area contributed by atoms with Gasteiger partial charge in [-0.15, -0.1) is 0 Å². The summed E-state index contributed by atoms with van der Waals surface area (Å²) in [6.45, 7) is 17.8. The van der Waals surface area contributed by atoms with Gasteiger partial charge in [-0.1, -0.05) is 34.6 Å². The molecule has 1 fully saturated rings. The minimum absolute atomic E-state index is 0.347. The minimum Gasteiger partial charge on any atom is -0.313 e.